The van der Waals surface area contributed by atoms with Crippen LogP contribution < -0.4 is 14.8 Å². The molecule has 1 atom stereocenters. The summed E-state index contributed by atoms with van der Waals surface area (Å²) < 4.78 is 23.0. The molecular formula is C22H32N2O4. The van der Waals surface area contributed by atoms with Crippen LogP contribution in [0, 0.1) is 6.92 Å². The van der Waals surface area contributed by atoms with Crippen molar-refractivity contribution in [2.24, 2.45) is 0 Å². The number of hydrogen-bond acceptors (Lipinski definition) is 6. The average Bonchev–Trinajstić information content (AvgIpc) is 3.12. The number of rotatable bonds is 9. The summed E-state index contributed by atoms with van der Waals surface area (Å²) in [6, 6.07) is 10.3. The Hall–Kier alpha value is -2.02. The molecule has 6 heteroatoms. The minimum Gasteiger partial charge on any atom is -0.493 e. The first kappa shape index (κ1) is 20.7. The average molecular weight is 389 g/mol. The van der Waals surface area contributed by atoms with Crippen molar-refractivity contribution in [3.8, 4) is 11.5 Å². The standard InChI is InChI=1S/C22H32N2O4/c1-16(2)27-22-18(6-5-7-21(22)25-4)14-23-15-19(20-9-8-17(3)28-20)24-10-12-26-13-11-24/h5-9,16,19,23H,10-15H2,1-4H3. The number of furan rings is 1. The molecule has 0 bridgehead atoms. The maximum atomic E-state index is 6.02. The third kappa shape index (κ3) is 5.28. The number of nitrogens with one attached hydrogen (secondary N) is 1. The minimum absolute atomic E-state index is 0.0854. The molecule has 2 aromatic rings. The van der Waals surface area contributed by atoms with Crippen LogP contribution in [0.2, 0.25) is 0 Å². The van der Waals surface area contributed by atoms with E-state index in [0.29, 0.717) is 6.54 Å². The predicted molar refractivity (Wildman–Crippen MR) is 109 cm³/mol. The Labute approximate surface area is 167 Å². The van der Waals surface area contributed by atoms with Crippen LogP contribution in [0.3, 0.4) is 0 Å². The van der Waals surface area contributed by atoms with Gasteiger partial charge in [-0.05, 0) is 39.0 Å². The number of methoxy groups -OCH3 is 1. The third-order valence-electron chi connectivity index (χ3n) is 4.86. The van der Waals surface area contributed by atoms with E-state index in [1.165, 1.54) is 0 Å². The smallest absolute Gasteiger partial charge is 0.166 e. The molecule has 0 spiro atoms. The van der Waals surface area contributed by atoms with Gasteiger partial charge in [-0.25, -0.2) is 0 Å². The Morgan fingerprint density at radius 1 is 1.14 bits per heavy atom. The topological polar surface area (TPSA) is 56.1 Å². The molecule has 0 radical (unpaired) electrons. The summed E-state index contributed by atoms with van der Waals surface area (Å²) in [5.41, 5.74) is 1.09. The Balaban J connectivity index is 1.70. The van der Waals surface area contributed by atoms with Gasteiger partial charge in [0.1, 0.15) is 11.5 Å². The van der Waals surface area contributed by atoms with Gasteiger partial charge in [0.2, 0.25) is 0 Å². The molecule has 1 N–H and O–H groups in total. The van der Waals surface area contributed by atoms with Crippen molar-refractivity contribution in [3.63, 3.8) is 0 Å². The first-order valence-corrected chi connectivity index (χ1v) is 10.00. The fraction of sp³-hybridized carbons (Fsp3) is 0.545. The Bertz CT molecular complexity index is 738. The molecule has 3 rings (SSSR count). The highest BCUT2D eigenvalue weighted by Crippen LogP contribution is 2.32. The molecule has 1 aliphatic heterocycles. The second kappa shape index (κ2) is 9.96. The molecule has 0 amide bonds. The molecule has 0 saturated carbocycles. The zero-order valence-corrected chi connectivity index (χ0v) is 17.4. The fourth-order valence-corrected chi connectivity index (χ4v) is 3.51. The van der Waals surface area contributed by atoms with Gasteiger partial charge in [0.05, 0.1) is 32.5 Å². The largest absolute Gasteiger partial charge is 0.493 e. The van der Waals surface area contributed by atoms with E-state index in [2.05, 4.69) is 22.3 Å². The molecule has 28 heavy (non-hydrogen) atoms. The number of benzene rings is 1. The molecule has 0 aliphatic carbocycles. The number of nitrogens with zero attached hydrogens (tertiary/aromatic N) is 1. The van der Waals surface area contributed by atoms with E-state index in [0.717, 1.165) is 61.4 Å². The summed E-state index contributed by atoms with van der Waals surface area (Å²) in [5, 5.41) is 3.59. The van der Waals surface area contributed by atoms with Crippen LogP contribution >= 0.6 is 0 Å². The van der Waals surface area contributed by atoms with E-state index in [4.69, 9.17) is 18.6 Å². The van der Waals surface area contributed by atoms with Crippen molar-refractivity contribution >= 4 is 0 Å². The zero-order chi connectivity index (χ0) is 19.9. The van der Waals surface area contributed by atoms with E-state index in [1.54, 1.807) is 7.11 Å². The maximum Gasteiger partial charge on any atom is 0.166 e. The Morgan fingerprint density at radius 3 is 2.57 bits per heavy atom. The number of hydrogen-bond donors (Lipinski definition) is 1. The number of morpholine rings is 1. The summed E-state index contributed by atoms with van der Waals surface area (Å²) in [5.74, 6) is 3.51. The summed E-state index contributed by atoms with van der Waals surface area (Å²) in [7, 11) is 1.67. The van der Waals surface area contributed by atoms with Gasteiger partial charge in [0.25, 0.3) is 0 Å². The van der Waals surface area contributed by atoms with Gasteiger partial charge < -0.3 is 23.9 Å². The number of para-hydroxylation sites is 1. The molecule has 1 aromatic carbocycles. The summed E-state index contributed by atoms with van der Waals surface area (Å²) in [4.78, 5) is 2.42. The molecule has 1 aromatic heterocycles. The summed E-state index contributed by atoms with van der Waals surface area (Å²) in [6.45, 7) is 10.9. The van der Waals surface area contributed by atoms with Crippen molar-refractivity contribution in [1.82, 2.24) is 10.2 Å². The maximum absolute atomic E-state index is 6.02. The van der Waals surface area contributed by atoms with Crippen molar-refractivity contribution in [2.75, 3.05) is 40.0 Å². The number of aryl methyl sites for hydroxylation is 1. The van der Waals surface area contributed by atoms with Gasteiger partial charge in [-0.1, -0.05) is 12.1 Å². The lowest BCUT2D eigenvalue weighted by Gasteiger charge is -2.33. The van der Waals surface area contributed by atoms with Crippen LogP contribution in [0.25, 0.3) is 0 Å². The second-order valence-corrected chi connectivity index (χ2v) is 7.36. The van der Waals surface area contributed by atoms with Gasteiger partial charge in [0, 0.05) is 31.7 Å². The number of ether oxygens (including phenoxy) is 3. The monoisotopic (exact) mass is 388 g/mol. The van der Waals surface area contributed by atoms with Crippen molar-refractivity contribution in [2.45, 2.75) is 39.5 Å². The molecule has 1 unspecified atom stereocenters. The van der Waals surface area contributed by atoms with Crippen molar-refractivity contribution < 1.29 is 18.6 Å². The van der Waals surface area contributed by atoms with Crippen LogP contribution in [0.1, 0.15) is 37.0 Å². The highest BCUT2D eigenvalue weighted by Gasteiger charge is 2.25. The van der Waals surface area contributed by atoms with E-state index >= 15 is 0 Å². The molecule has 1 aliphatic rings. The first-order valence-electron chi connectivity index (χ1n) is 10.00. The zero-order valence-electron chi connectivity index (χ0n) is 17.4. The highest BCUT2D eigenvalue weighted by molar-refractivity contribution is 5.46. The van der Waals surface area contributed by atoms with Crippen LogP contribution in [0.5, 0.6) is 11.5 Å². The molecular weight excluding hydrogens is 356 g/mol. The molecule has 1 fully saturated rings. The Kier molecular flexibility index (Phi) is 7.36. The van der Waals surface area contributed by atoms with Gasteiger partial charge in [0.15, 0.2) is 11.5 Å². The lowest BCUT2D eigenvalue weighted by atomic mass is 10.1. The Morgan fingerprint density at radius 2 is 1.93 bits per heavy atom. The van der Waals surface area contributed by atoms with Gasteiger partial charge in [-0.2, -0.15) is 0 Å². The van der Waals surface area contributed by atoms with Gasteiger partial charge in [-0.3, -0.25) is 4.90 Å². The van der Waals surface area contributed by atoms with E-state index in [1.807, 2.05) is 39.0 Å². The van der Waals surface area contributed by atoms with Crippen molar-refractivity contribution in [3.05, 3.63) is 47.4 Å². The molecule has 2 heterocycles. The predicted octanol–water partition coefficient (Wildman–Crippen LogP) is 3.55. The third-order valence-corrected chi connectivity index (χ3v) is 4.86. The lowest BCUT2D eigenvalue weighted by Crippen LogP contribution is -2.42. The quantitative estimate of drug-likeness (QED) is 0.709. The SMILES string of the molecule is COc1cccc(CNCC(c2ccc(C)o2)N2CCOCC2)c1OC(C)C. The highest BCUT2D eigenvalue weighted by atomic mass is 16.5. The second-order valence-electron chi connectivity index (χ2n) is 7.36. The van der Waals surface area contributed by atoms with Gasteiger partial charge >= 0.3 is 0 Å². The molecule has 154 valence electrons. The molecule has 1 saturated heterocycles. The fourth-order valence-electron chi connectivity index (χ4n) is 3.51. The van der Waals surface area contributed by atoms with Crippen LogP contribution in [0.15, 0.2) is 34.7 Å². The van der Waals surface area contributed by atoms with Crippen LogP contribution in [-0.2, 0) is 11.3 Å². The first-order chi connectivity index (χ1) is 13.6. The normalized spacial score (nSPS) is 16.3. The van der Waals surface area contributed by atoms with Crippen LogP contribution in [0.4, 0.5) is 0 Å². The summed E-state index contributed by atoms with van der Waals surface area (Å²) >= 11 is 0. The van der Waals surface area contributed by atoms with Gasteiger partial charge in [-0.15, -0.1) is 0 Å². The minimum atomic E-state index is 0.0854. The van der Waals surface area contributed by atoms with Crippen molar-refractivity contribution in [1.29, 1.82) is 0 Å². The summed E-state index contributed by atoms with van der Waals surface area (Å²) in [6.07, 6.45) is 0.0854. The van der Waals surface area contributed by atoms with E-state index in [-0.39, 0.29) is 12.1 Å². The van der Waals surface area contributed by atoms with E-state index < -0.39 is 0 Å². The van der Waals surface area contributed by atoms with Crippen LogP contribution in [-0.4, -0.2) is 51.0 Å². The lowest BCUT2D eigenvalue weighted by molar-refractivity contribution is 0.0115. The van der Waals surface area contributed by atoms with E-state index in [9.17, 15) is 0 Å². The molecule has 6 nitrogen and oxygen atoms in total.